The molecule has 0 bridgehead atoms. The molecule has 0 aliphatic rings. The van der Waals surface area contributed by atoms with E-state index in [1.165, 1.54) is 6.92 Å². The molecule has 0 spiro atoms. The second-order valence-corrected chi connectivity index (χ2v) is 2.87. The van der Waals surface area contributed by atoms with E-state index in [4.69, 9.17) is 12.6 Å². The predicted octanol–water partition coefficient (Wildman–Crippen LogP) is 2.51. The molecular weight excluding hydrogens is 156 g/mol. The first kappa shape index (κ1) is 8.34. The van der Waals surface area contributed by atoms with Crippen molar-refractivity contribution in [3.63, 3.8) is 0 Å². The molecule has 1 nitrogen and oxygen atoms in total. The van der Waals surface area contributed by atoms with Crippen LogP contribution in [0.2, 0.25) is 0 Å². The van der Waals surface area contributed by atoms with Crippen molar-refractivity contribution in [1.29, 1.82) is 0 Å². The van der Waals surface area contributed by atoms with Crippen LogP contribution in [0, 0.1) is 0 Å². The van der Waals surface area contributed by atoms with Crippen LogP contribution in [0.25, 0.3) is 0 Å². The zero-order valence-electron chi connectivity index (χ0n) is 6.28. The molecule has 0 saturated carbocycles. The van der Waals surface area contributed by atoms with E-state index < -0.39 is 0 Å². The Morgan fingerprint density at radius 2 is 1.91 bits per heavy atom. The molecule has 0 saturated heterocycles. The Bertz CT molecular complexity index is 243. The van der Waals surface area contributed by atoms with Gasteiger partial charge in [-0.1, -0.05) is 43.0 Å². The lowest BCUT2D eigenvalue weighted by Crippen LogP contribution is -2.00. The fourth-order valence-electron chi connectivity index (χ4n) is 0.863. The highest BCUT2D eigenvalue weighted by molar-refractivity contribution is 7.81. The second kappa shape index (κ2) is 3.58. The second-order valence-electron chi connectivity index (χ2n) is 2.40. The molecule has 1 aromatic rings. The fraction of sp³-hybridized carbons (Fsp3) is 0.222. The number of benzene rings is 1. The number of carbonyl (C=O) groups is 1. The van der Waals surface area contributed by atoms with Gasteiger partial charge in [0.05, 0.1) is 5.25 Å². The molecule has 0 aliphatic carbocycles. The van der Waals surface area contributed by atoms with E-state index in [0.29, 0.717) is 0 Å². The quantitative estimate of drug-likeness (QED) is 0.658. The summed E-state index contributed by atoms with van der Waals surface area (Å²) in [6, 6.07) is 9.43. The molecule has 57 valence electrons. The van der Waals surface area contributed by atoms with E-state index in [2.05, 4.69) is 0 Å². The first-order valence-corrected chi connectivity index (χ1v) is 3.90. The monoisotopic (exact) mass is 165 g/mol. The van der Waals surface area contributed by atoms with Crippen LogP contribution in [0.5, 0.6) is 0 Å². The van der Waals surface area contributed by atoms with Gasteiger partial charge in [0.1, 0.15) is 5.78 Å². The van der Waals surface area contributed by atoms with Crippen LogP contribution in [0.3, 0.4) is 0 Å². The van der Waals surface area contributed by atoms with Crippen LogP contribution >= 0.6 is 12.6 Å². The molecule has 1 atom stereocenters. The maximum atomic E-state index is 10.8. The lowest BCUT2D eigenvalue weighted by molar-refractivity contribution is -0.116. The lowest BCUT2D eigenvalue weighted by atomic mass is 10.1. The Labute approximate surface area is 71.8 Å². The summed E-state index contributed by atoms with van der Waals surface area (Å²) >= 11 is 4.98. The van der Waals surface area contributed by atoms with Crippen molar-refractivity contribution in [2.75, 3.05) is 0 Å². The molecule has 1 unspecified atom stereocenters. The highest BCUT2D eigenvalue weighted by atomic mass is 32.1. The lowest BCUT2D eigenvalue weighted by Gasteiger charge is -2.03. The van der Waals surface area contributed by atoms with Crippen LogP contribution in [0.15, 0.2) is 30.3 Å². The topological polar surface area (TPSA) is 17.1 Å². The summed E-state index contributed by atoms with van der Waals surface area (Å²) in [6.07, 6.45) is 0. The van der Waals surface area contributed by atoms with Crippen molar-refractivity contribution >= 4 is 18.4 Å². The van der Waals surface area contributed by atoms with E-state index in [9.17, 15) is 4.79 Å². The highest BCUT2D eigenvalue weighted by Gasteiger charge is 2.10. The largest absolute Gasteiger partial charge is 0.298 e. The van der Waals surface area contributed by atoms with Crippen molar-refractivity contribution in [2.24, 2.45) is 0 Å². The normalized spacial score (nSPS) is 12.5. The minimum atomic E-state index is -0.379. The fourth-order valence-corrected chi connectivity index (χ4v) is 1.02. The van der Waals surface area contributed by atoms with Crippen molar-refractivity contribution in [1.82, 2.24) is 0 Å². The Balaban J connectivity index is 2.85. The van der Waals surface area contributed by atoms with Gasteiger partial charge in [-0.25, -0.2) is 0 Å². The third kappa shape index (κ3) is 2.09. The van der Waals surface area contributed by atoms with Gasteiger partial charge in [0, 0.05) is 0 Å². The summed E-state index contributed by atoms with van der Waals surface area (Å²) in [5, 5.41) is -0.379. The predicted molar refractivity (Wildman–Crippen MR) is 47.5 cm³/mol. The first-order valence-electron chi connectivity index (χ1n) is 3.43. The van der Waals surface area contributed by atoms with Crippen LogP contribution in [0.1, 0.15) is 17.7 Å². The molecule has 1 radical (unpaired) electrons. The Kier molecular flexibility index (Phi) is 2.71. The molecule has 11 heavy (non-hydrogen) atoms. The molecule has 0 aromatic heterocycles. The molecule has 2 heteroatoms. The molecule has 0 heterocycles. The van der Waals surface area contributed by atoms with Gasteiger partial charge < -0.3 is 0 Å². The standard InChI is InChI=1S/C9H9OS/c1-7(10)9(11)8-5-3-2-4-6-8/h2-6,9H,1H3. The Hall–Kier alpha value is -0.760. The van der Waals surface area contributed by atoms with E-state index >= 15 is 0 Å². The highest BCUT2D eigenvalue weighted by Crippen LogP contribution is 2.19. The van der Waals surface area contributed by atoms with E-state index in [1.54, 1.807) is 0 Å². The van der Waals surface area contributed by atoms with Gasteiger partial charge in [-0.3, -0.25) is 4.79 Å². The van der Waals surface area contributed by atoms with E-state index in [0.717, 1.165) is 5.56 Å². The maximum absolute atomic E-state index is 10.8. The maximum Gasteiger partial charge on any atom is 0.148 e. The summed E-state index contributed by atoms with van der Waals surface area (Å²) in [6.45, 7) is 1.52. The molecule has 0 aliphatic heterocycles. The molecular formula is C9H9OS. The van der Waals surface area contributed by atoms with E-state index in [1.807, 2.05) is 30.3 Å². The zero-order valence-corrected chi connectivity index (χ0v) is 7.10. The Morgan fingerprint density at radius 1 is 1.36 bits per heavy atom. The van der Waals surface area contributed by atoms with Gasteiger partial charge in [0.25, 0.3) is 0 Å². The van der Waals surface area contributed by atoms with Crippen molar-refractivity contribution in [3.8, 4) is 0 Å². The van der Waals surface area contributed by atoms with Crippen molar-refractivity contribution in [2.45, 2.75) is 12.2 Å². The van der Waals surface area contributed by atoms with Gasteiger partial charge in [0.2, 0.25) is 0 Å². The van der Waals surface area contributed by atoms with Crippen molar-refractivity contribution in [3.05, 3.63) is 35.9 Å². The van der Waals surface area contributed by atoms with Crippen LogP contribution < -0.4 is 0 Å². The number of ketones is 1. The number of rotatable bonds is 2. The summed E-state index contributed by atoms with van der Waals surface area (Å²) in [5.41, 5.74) is 0.912. The van der Waals surface area contributed by atoms with Crippen molar-refractivity contribution < 1.29 is 4.79 Å². The summed E-state index contributed by atoms with van der Waals surface area (Å²) in [4.78, 5) is 10.8. The first-order chi connectivity index (χ1) is 5.22. The van der Waals surface area contributed by atoms with Gasteiger partial charge in [-0.15, -0.1) is 0 Å². The van der Waals surface area contributed by atoms with Crippen LogP contribution in [-0.2, 0) is 4.79 Å². The molecule has 0 fully saturated rings. The van der Waals surface area contributed by atoms with E-state index in [-0.39, 0.29) is 11.0 Å². The van der Waals surface area contributed by atoms with Gasteiger partial charge in [-0.05, 0) is 12.5 Å². The number of Topliss-reactive ketones (excluding diaryl/α,β-unsaturated/α-hetero) is 1. The smallest absolute Gasteiger partial charge is 0.148 e. The SMILES string of the molecule is CC(=O)C([S])c1ccccc1. The molecule has 0 amide bonds. The zero-order chi connectivity index (χ0) is 8.27. The number of hydrogen-bond acceptors (Lipinski definition) is 1. The molecule has 0 N–H and O–H groups in total. The van der Waals surface area contributed by atoms with Crippen LogP contribution in [0.4, 0.5) is 0 Å². The van der Waals surface area contributed by atoms with Gasteiger partial charge >= 0.3 is 0 Å². The number of carbonyl (C=O) groups excluding carboxylic acids is 1. The minimum Gasteiger partial charge on any atom is -0.298 e. The average molecular weight is 165 g/mol. The van der Waals surface area contributed by atoms with Gasteiger partial charge in [-0.2, -0.15) is 0 Å². The third-order valence-electron chi connectivity index (χ3n) is 1.47. The van der Waals surface area contributed by atoms with Crippen LogP contribution in [-0.4, -0.2) is 5.78 Å². The molecule has 1 aromatic carbocycles. The minimum absolute atomic E-state index is 0.0335. The van der Waals surface area contributed by atoms with Gasteiger partial charge in [0.15, 0.2) is 0 Å². The third-order valence-corrected chi connectivity index (χ3v) is 2.08. The summed E-state index contributed by atoms with van der Waals surface area (Å²) in [7, 11) is 0. The Morgan fingerprint density at radius 3 is 2.36 bits per heavy atom. The summed E-state index contributed by atoms with van der Waals surface area (Å²) < 4.78 is 0. The molecule has 1 rings (SSSR count). The summed E-state index contributed by atoms with van der Waals surface area (Å²) in [5.74, 6) is 0.0335. The average Bonchev–Trinajstić information content (AvgIpc) is 2.05. The number of hydrogen-bond donors (Lipinski definition) is 0.